The first-order valence-electron chi connectivity index (χ1n) is 11.1. The first-order chi connectivity index (χ1) is 16.3. The number of aliphatic carboxylic acids is 1. The van der Waals surface area contributed by atoms with Gasteiger partial charge in [-0.2, -0.15) is 13.2 Å². The van der Waals surface area contributed by atoms with Crippen molar-refractivity contribution in [1.82, 2.24) is 4.72 Å². The van der Waals surface area contributed by atoms with Gasteiger partial charge in [-0.05, 0) is 82.0 Å². The summed E-state index contributed by atoms with van der Waals surface area (Å²) in [6, 6.07) is 8.61. The second-order valence-electron chi connectivity index (χ2n) is 8.41. The van der Waals surface area contributed by atoms with E-state index in [2.05, 4.69) is 6.07 Å². The summed E-state index contributed by atoms with van der Waals surface area (Å²) in [7, 11) is -1.18. The number of benzene rings is 2. The molecule has 2 N–H and O–H groups in total. The number of fused-ring (bicyclic) bond motifs is 1. The Morgan fingerprint density at radius 2 is 1.83 bits per heavy atom. The number of carbonyl (C=O) groups is 1. The molecule has 0 saturated carbocycles. The van der Waals surface area contributed by atoms with Crippen LogP contribution in [0.4, 0.5) is 18.9 Å². The summed E-state index contributed by atoms with van der Waals surface area (Å²) in [6.45, 7) is 3.34. The maximum Gasteiger partial charge on any atom is 0.416 e. The summed E-state index contributed by atoms with van der Waals surface area (Å²) < 4.78 is 69.4. The number of ether oxygens (including phenoxy) is 1. The molecule has 11 heteroatoms. The molecular formula is C24H31F3N2O5S. The summed E-state index contributed by atoms with van der Waals surface area (Å²) in [6.07, 6.45) is -0.133. The predicted molar refractivity (Wildman–Crippen MR) is 127 cm³/mol. The fourth-order valence-corrected chi connectivity index (χ4v) is 4.34. The van der Waals surface area contributed by atoms with Crippen molar-refractivity contribution in [1.29, 1.82) is 0 Å². The van der Waals surface area contributed by atoms with Gasteiger partial charge in [-0.25, -0.2) is 17.9 Å². The third kappa shape index (κ3) is 7.86. The molecule has 0 spiro atoms. The van der Waals surface area contributed by atoms with Gasteiger partial charge in [-0.15, -0.1) is 0 Å². The van der Waals surface area contributed by atoms with E-state index in [0.29, 0.717) is 6.07 Å². The molecule has 7 nitrogen and oxygen atoms in total. The first-order valence-corrected chi connectivity index (χ1v) is 12.6. The zero-order valence-corrected chi connectivity index (χ0v) is 21.0. The number of nitrogens with one attached hydrogen (secondary N) is 1. The highest BCUT2D eigenvalue weighted by atomic mass is 32.2. The molecule has 0 atom stereocenters. The quantitative estimate of drug-likeness (QED) is 0.563. The molecule has 3 rings (SSSR count). The standard InChI is InChI=1S/C12H17F3N2O2S.C12H14O3/c1-8(2)17(4)10-5-9(12(13,14)15)6-11(7-10)20(18,19)16-3;13-12(14)8-15-11-7-3-5-9-4-1-2-6-10(9)11/h5-8,16H,1-4H3;3,5,7H,1-2,4,6,8H2,(H,13,14). The van der Waals surface area contributed by atoms with Crippen LogP contribution in [0.15, 0.2) is 41.3 Å². The Bertz CT molecular complexity index is 1130. The van der Waals surface area contributed by atoms with Crippen LogP contribution in [0, 0.1) is 0 Å². The Balaban J connectivity index is 0.000000256. The van der Waals surface area contributed by atoms with E-state index >= 15 is 0 Å². The van der Waals surface area contributed by atoms with Gasteiger partial charge >= 0.3 is 12.1 Å². The molecule has 0 saturated heterocycles. The van der Waals surface area contributed by atoms with E-state index in [-0.39, 0.29) is 18.3 Å². The van der Waals surface area contributed by atoms with Gasteiger partial charge in [0.2, 0.25) is 10.0 Å². The highest BCUT2D eigenvalue weighted by molar-refractivity contribution is 7.89. The van der Waals surface area contributed by atoms with E-state index in [0.717, 1.165) is 31.7 Å². The lowest BCUT2D eigenvalue weighted by molar-refractivity contribution is -0.139. The Hall–Kier alpha value is -2.79. The summed E-state index contributed by atoms with van der Waals surface area (Å²) in [5.41, 5.74) is 1.72. The number of alkyl halides is 3. The monoisotopic (exact) mass is 516 g/mol. The van der Waals surface area contributed by atoms with E-state index in [1.165, 1.54) is 30.0 Å². The average molecular weight is 517 g/mol. The van der Waals surface area contributed by atoms with Gasteiger partial charge in [0.05, 0.1) is 10.5 Å². The fourth-order valence-electron chi connectivity index (χ4n) is 3.54. The van der Waals surface area contributed by atoms with Crippen molar-refractivity contribution in [2.75, 3.05) is 25.6 Å². The number of anilines is 1. The second kappa shape index (κ2) is 11.8. The highest BCUT2D eigenvalue weighted by Gasteiger charge is 2.33. The smallest absolute Gasteiger partial charge is 0.416 e. The van der Waals surface area contributed by atoms with Crippen LogP contribution in [0.5, 0.6) is 5.75 Å². The summed E-state index contributed by atoms with van der Waals surface area (Å²) in [5.74, 6) is -0.182. The first kappa shape index (κ1) is 28.4. The van der Waals surface area contributed by atoms with Crippen LogP contribution in [0.1, 0.15) is 43.4 Å². The van der Waals surface area contributed by atoms with Crippen LogP contribution < -0.4 is 14.4 Å². The van der Waals surface area contributed by atoms with Crippen molar-refractivity contribution in [3.8, 4) is 5.75 Å². The van der Waals surface area contributed by atoms with E-state index in [9.17, 15) is 26.4 Å². The van der Waals surface area contributed by atoms with Crippen molar-refractivity contribution in [3.63, 3.8) is 0 Å². The van der Waals surface area contributed by atoms with Gasteiger partial charge in [0.1, 0.15) is 5.75 Å². The third-order valence-corrected chi connectivity index (χ3v) is 7.08. The average Bonchev–Trinajstić information content (AvgIpc) is 2.81. The summed E-state index contributed by atoms with van der Waals surface area (Å²) >= 11 is 0. The number of hydrogen-bond donors (Lipinski definition) is 2. The molecule has 194 valence electrons. The number of nitrogens with zero attached hydrogens (tertiary/aromatic N) is 1. The number of aryl methyl sites for hydroxylation is 1. The SMILES string of the molecule is CNS(=O)(=O)c1cc(N(C)C(C)C)cc(C(F)(F)F)c1.O=C(O)COc1cccc2c1CCCC2. The van der Waals surface area contributed by atoms with Crippen LogP contribution in [0.25, 0.3) is 0 Å². The van der Waals surface area contributed by atoms with Gasteiger partial charge in [0.15, 0.2) is 6.61 Å². The van der Waals surface area contributed by atoms with E-state index in [1.807, 2.05) is 16.9 Å². The van der Waals surface area contributed by atoms with Crippen molar-refractivity contribution >= 4 is 21.7 Å². The van der Waals surface area contributed by atoms with Crippen LogP contribution in [-0.4, -0.2) is 46.2 Å². The number of rotatable bonds is 7. The van der Waals surface area contributed by atoms with Gasteiger partial charge in [0, 0.05) is 18.8 Å². The Morgan fingerprint density at radius 3 is 2.40 bits per heavy atom. The lowest BCUT2D eigenvalue weighted by Crippen LogP contribution is -2.27. The fraction of sp³-hybridized carbons (Fsp3) is 0.458. The molecule has 2 aromatic rings. The zero-order chi connectivity index (χ0) is 26.4. The molecule has 35 heavy (non-hydrogen) atoms. The van der Waals surface area contributed by atoms with E-state index < -0.39 is 32.6 Å². The molecule has 0 heterocycles. The number of carboxylic acid groups (broad SMARTS) is 1. The minimum Gasteiger partial charge on any atom is -0.482 e. The van der Waals surface area contributed by atoms with Gasteiger partial charge in [0.25, 0.3) is 0 Å². The molecule has 0 aromatic heterocycles. The summed E-state index contributed by atoms with van der Waals surface area (Å²) in [4.78, 5) is 11.6. The van der Waals surface area contributed by atoms with Crippen molar-refractivity contribution in [2.45, 2.75) is 56.6 Å². The molecule has 0 aliphatic heterocycles. The Kier molecular flexibility index (Phi) is 9.56. The number of halogens is 3. The summed E-state index contributed by atoms with van der Waals surface area (Å²) in [5, 5.41) is 8.55. The number of carboxylic acids is 1. The molecule has 0 fully saturated rings. The van der Waals surface area contributed by atoms with Crippen LogP contribution >= 0.6 is 0 Å². The van der Waals surface area contributed by atoms with Crippen LogP contribution in [0.2, 0.25) is 0 Å². The zero-order valence-electron chi connectivity index (χ0n) is 20.1. The van der Waals surface area contributed by atoms with Crippen molar-refractivity contribution in [2.24, 2.45) is 0 Å². The molecule has 2 aromatic carbocycles. The van der Waals surface area contributed by atoms with Crippen molar-refractivity contribution < 1.29 is 36.2 Å². The van der Waals surface area contributed by atoms with Gasteiger partial charge in [-0.1, -0.05) is 12.1 Å². The molecule has 0 amide bonds. The predicted octanol–water partition coefficient (Wildman–Crippen LogP) is 4.49. The minimum absolute atomic E-state index is 0.0661. The largest absolute Gasteiger partial charge is 0.482 e. The molecule has 0 radical (unpaired) electrons. The minimum atomic E-state index is -4.61. The Morgan fingerprint density at radius 1 is 1.17 bits per heavy atom. The van der Waals surface area contributed by atoms with E-state index in [4.69, 9.17) is 9.84 Å². The van der Waals surface area contributed by atoms with Gasteiger partial charge in [-0.3, -0.25) is 0 Å². The van der Waals surface area contributed by atoms with Crippen LogP contribution in [-0.2, 0) is 33.8 Å². The number of hydrogen-bond acceptors (Lipinski definition) is 5. The highest BCUT2D eigenvalue weighted by Crippen LogP contribution is 2.34. The molecule has 1 aliphatic carbocycles. The van der Waals surface area contributed by atoms with Crippen molar-refractivity contribution in [3.05, 3.63) is 53.1 Å². The second-order valence-corrected chi connectivity index (χ2v) is 10.3. The lowest BCUT2D eigenvalue weighted by atomic mass is 9.91. The van der Waals surface area contributed by atoms with Gasteiger partial charge < -0.3 is 14.7 Å². The molecule has 1 aliphatic rings. The maximum atomic E-state index is 12.9. The third-order valence-electron chi connectivity index (χ3n) is 5.68. The molecule has 0 unspecified atom stereocenters. The lowest BCUT2D eigenvalue weighted by Gasteiger charge is -2.25. The molecule has 0 bridgehead atoms. The normalized spacial score (nSPS) is 13.5. The van der Waals surface area contributed by atoms with E-state index in [1.54, 1.807) is 25.8 Å². The van der Waals surface area contributed by atoms with Crippen LogP contribution in [0.3, 0.4) is 0 Å². The Labute approximate surface area is 204 Å². The topological polar surface area (TPSA) is 95.9 Å². The maximum absolute atomic E-state index is 12.9. The number of sulfonamides is 1. The molecular weight excluding hydrogens is 485 g/mol.